The molecule has 0 spiro atoms. The van der Waals surface area contributed by atoms with E-state index in [2.05, 4.69) is 10.7 Å². The molecular weight excluding hydrogens is 366 g/mol. The van der Waals surface area contributed by atoms with E-state index >= 15 is 0 Å². The van der Waals surface area contributed by atoms with Crippen LogP contribution in [-0.4, -0.2) is 51.0 Å². The average molecular weight is 389 g/mol. The summed E-state index contributed by atoms with van der Waals surface area (Å²) in [6, 6.07) is 3.50. The molecule has 0 unspecified atom stereocenters. The Balaban J connectivity index is 2.16. The summed E-state index contributed by atoms with van der Waals surface area (Å²) < 4.78 is 21.2. The second-order valence-electron chi connectivity index (χ2n) is 6.02. The fourth-order valence-corrected chi connectivity index (χ4v) is 2.98. The standard InChI is InChI=1S/C19H23N3O6/c1-5-26-18(23)17-16(21-19(24)27-6-2)13-7-12(11-9-20-22(3)10-11)14(25-4)8-15(13)28-17/h7-8,10,20H,5-6,9H2,1-4H3,(H,21,24). The summed E-state index contributed by atoms with van der Waals surface area (Å²) in [4.78, 5) is 24.4. The lowest BCUT2D eigenvalue weighted by Gasteiger charge is -2.10. The van der Waals surface area contributed by atoms with Crippen molar-refractivity contribution in [1.29, 1.82) is 0 Å². The van der Waals surface area contributed by atoms with Crippen LogP contribution in [0.1, 0.15) is 30.0 Å². The fraction of sp³-hybridized carbons (Fsp3) is 0.368. The van der Waals surface area contributed by atoms with Crippen molar-refractivity contribution in [3.63, 3.8) is 0 Å². The highest BCUT2D eigenvalue weighted by molar-refractivity contribution is 6.09. The minimum absolute atomic E-state index is 0.0975. The largest absolute Gasteiger partial charge is 0.496 e. The van der Waals surface area contributed by atoms with Crippen molar-refractivity contribution in [3.8, 4) is 5.75 Å². The fourth-order valence-electron chi connectivity index (χ4n) is 2.98. The van der Waals surface area contributed by atoms with Crippen molar-refractivity contribution in [2.24, 2.45) is 0 Å². The van der Waals surface area contributed by atoms with Gasteiger partial charge in [-0.3, -0.25) is 5.32 Å². The maximum absolute atomic E-state index is 12.3. The molecule has 1 amide bonds. The average Bonchev–Trinajstić information content (AvgIpc) is 3.24. The first-order valence-electron chi connectivity index (χ1n) is 8.91. The molecule has 0 saturated heterocycles. The number of fused-ring (bicyclic) bond motifs is 1. The third-order valence-electron chi connectivity index (χ3n) is 4.19. The summed E-state index contributed by atoms with van der Waals surface area (Å²) in [5.41, 5.74) is 5.56. The number of nitrogens with zero attached hydrogens (tertiary/aromatic N) is 1. The number of benzene rings is 1. The van der Waals surface area contributed by atoms with E-state index in [0.29, 0.717) is 23.3 Å². The topological polar surface area (TPSA) is 102 Å². The second kappa shape index (κ2) is 8.22. The zero-order chi connectivity index (χ0) is 20.3. The van der Waals surface area contributed by atoms with Crippen LogP contribution >= 0.6 is 0 Å². The molecule has 0 fully saturated rings. The number of ether oxygens (including phenoxy) is 3. The van der Waals surface area contributed by atoms with Crippen LogP contribution in [0.4, 0.5) is 10.5 Å². The van der Waals surface area contributed by atoms with E-state index in [-0.39, 0.29) is 24.7 Å². The van der Waals surface area contributed by atoms with Crippen LogP contribution in [0.25, 0.3) is 16.5 Å². The van der Waals surface area contributed by atoms with Gasteiger partial charge in [0, 0.05) is 36.8 Å². The molecule has 0 bridgehead atoms. The summed E-state index contributed by atoms with van der Waals surface area (Å²) >= 11 is 0. The van der Waals surface area contributed by atoms with Crippen molar-refractivity contribution in [3.05, 3.63) is 29.7 Å². The number of carbonyl (C=O) groups is 2. The van der Waals surface area contributed by atoms with Crippen LogP contribution in [0.5, 0.6) is 5.75 Å². The highest BCUT2D eigenvalue weighted by Gasteiger charge is 2.26. The summed E-state index contributed by atoms with van der Waals surface area (Å²) in [7, 11) is 3.45. The van der Waals surface area contributed by atoms with E-state index in [1.54, 1.807) is 27.0 Å². The quantitative estimate of drug-likeness (QED) is 0.727. The lowest BCUT2D eigenvalue weighted by molar-refractivity contribution is 0.0494. The van der Waals surface area contributed by atoms with Crippen molar-refractivity contribution in [1.82, 2.24) is 10.4 Å². The van der Waals surface area contributed by atoms with E-state index in [9.17, 15) is 9.59 Å². The van der Waals surface area contributed by atoms with Gasteiger partial charge in [-0.1, -0.05) is 0 Å². The molecule has 0 atom stereocenters. The molecule has 2 N–H and O–H groups in total. The van der Waals surface area contributed by atoms with Gasteiger partial charge in [-0.25, -0.2) is 15.0 Å². The number of hydrogen-bond acceptors (Lipinski definition) is 8. The molecule has 1 aromatic carbocycles. The predicted molar refractivity (Wildman–Crippen MR) is 103 cm³/mol. The van der Waals surface area contributed by atoms with Gasteiger partial charge < -0.3 is 23.6 Å². The Morgan fingerprint density at radius 2 is 2.00 bits per heavy atom. The van der Waals surface area contributed by atoms with Crippen molar-refractivity contribution in [2.75, 3.05) is 39.2 Å². The van der Waals surface area contributed by atoms with Crippen LogP contribution in [0, 0.1) is 0 Å². The van der Waals surface area contributed by atoms with Crippen molar-refractivity contribution >= 4 is 34.3 Å². The molecular formula is C19H23N3O6. The van der Waals surface area contributed by atoms with Gasteiger partial charge in [-0.2, -0.15) is 0 Å². The molecule has 1 aliphatic rings. The van der Waals surface area contributed by atoms with Gasteiger partial charge in [0.25, 0.3) is 0 Å². The van der Waals surface area contributed by atoms with Crippen LogP contribution in [0.3, 0.4) is 0 Å². The second-order valence-corrected chi connectivity index (χ2v) is 6.02. The highest BCUT2D eigenvalue weighted by atomic mass is 16.6. The smallest absolute Gasteiger partial charge is 0.411 e. The number of carbonyl (C=O) groups excluding carboxylic acids is 2. The van der Waals surface area contributed by atoms with Crippen molar-refractivity contribution in [2.45, 2.75) is 13.8 Å². The Hall–Kier alpha value is -3.20. The summed E-state index contributed by atoms with van der Waals surface area (Å²) in [6.07, 6.45) is 1.25. The zero-order valence-corrected chi connectivity index (χ0v) is 16.3. The Morgan fingerprint density at radius 3 is 2.61 bits per heavy atom. The highest BCUT2D eigenvalue weighted by Crippen LogP contribution is 2.39. The number of rotatable bonds is 6. The van der Waals surface area contributed by atoms with Crippen LogP contribution < -0.4 is 15.5 Å². The molecule has 9 nitrogen and oxygen atoms in total. The van der Waals surface area contributed by atoms with Gasteiger partial charge in [0.15, 0.2) is 0 Å². The third kappa shape index (κ3) is 3.74. The lowest BCUT2D eigenvalue weighted by Crippen LogP contribution is -2.23. The van der Waals surface area contributed by atoms with Gasteiger partial charge in [0.1, 0.15) is 17.0 Å². The number of hydrogen-bond donors (Lipinski definition) is 2. The van der Waals surface area contributed by atoms with Crippen LogP contribution in [0.2, 0.25) is 0 Å². The first-order valence-corrected chi connectivity index (χ1v) is 8.91. The van der Waals surface area contributed by atoms with E-state index in [4.69, 9.17) is 18.6 Å². The van der Waals surface area contributed by atoms with E-state index in [1.807, 2.05) is 24.3 Å². The Bertz CT molecular complexity index is 933. The van der Waals surface area contributed by atoms with Gasteiger partial charge in [0.2, 0.25) is 5.76 Å². The number of hydrazine groups is 1. The molecule has 1 aromatic heterocycles. The van der Waals surface area contributed by atoms with E-state index < -0.39 is 12.1 Å². The first-order chi connectivity index (χ1) is 13.5. The number of methoxy groups -OCH3 is 1. The minimum Gasteiger partial charge on any atom is -0.496 e. The van der Waals surface area contributed by atoms with Gasteiger partial charge in [-0.15, -0.1) is 0 Å². The number of amides is 1. The van der Waals surface area contributed by atoms with Crippen molar-refractivity contribution < 1.29 is 28.2 Å². The molecule has 3 rings (SSSR count). The summed E-state index contributed by atoms with van der Waals surface area (Å²) in [5.74, 6) is -0.185. The normalized spacial score (nSPS) is 13.4. The molecule has 0 saturated carbocycles. The molecule has 0 radical (unpaired) electrons. The van der Waals surface area contributed by atoms with Crippen LogP contribution in [-0.2, 0) is 9.47 Å². The van der Waals surface area contributed by atoms with Crippen LogP contribution in [0.15, 0.2) is 22.7 Å². The Kier molecular flexibility index (Phi) is 5.74. The number of esters is 1. The lowest BCUT2D eigenvalue weighted by atomic mass is 10.0. The summed E-state index contributed by atoms with van der Waals surface area (Å²) in [6.45, 7) is 4.37. The van der Waals surface area contributed by atoms with E-state index in [0.717, 1.165) is 11.1 Å². The maximum atomic E-state index is 12.3. The molecule has 150 valence electrons. The molecule has 2 aromatic rings. The molecule has 2 heterocycles. The van der Waals surface area contributed by atoms with Gasteiger partial charge in [0.05, 0.1) is 20.3 Å². The number of nitrogens with one attached hydrogen (secondary N) is 2. The summed E-state index contributed by atoms with van der Waals surface area (Å²) in [5, 5.41) is 4.98. The Morgan fingerprint density at radius 1 is 1.25 bits per heavy atom. The zero-order valence-electron chi connectivity index (χ0n) is 16.3. The van der Waals surface area contributed by atoms with E-state index in [1.165, 1.54) is 0 Å². The Labute approximate surface area is 162 Å². The first kappa shape index (κ1) is 19.6. The predicted octanol–water partition coefficient (Wildman–Crippen LogP) is 2.98. The molecule has 0 aliphatic carbocycles. The van der Waals surface area contributed by atoms with Gasteiger partial charge in [-0.05, 0) is 25.5 Å². The molecule has 9 heteroatoms. The number of furan rings is 1. The minimum atomic E-state index is -0.686. The van der Waals surface area contributed by atoms with Gasteiger partial charge >= 0.3 is 12.1 Å². The number of anilines is 1. The monoisotopic (exact) mass is 389 g/mol. The SMILES string of the molecule is CCOC(=O)Nc1c(C(=O)OCC)oc2cc(OC)c(C3=CN(C)NC3)cc12. The third-order valence-corrected chi connectivity index (χ3v) is 4.19. The maximum Gasteiger partial charge on any atom is 0.411 e. The molecule has 28 heavy (non-hydrogen) atoms. The molecule has 1 aliphatic heterocycles.